The Morgan fingerprint density at radius 1 is 1.03 bits per heavy atom. The molecule has 0 aliphatic heterocycles. The van der Waals surface area contributed by atoms with Crippen molar-refractivity contribution >= 4 is 5.97 Å². The number of aliphatic hydroxyl groups excluding tert-OH is 4. The smallest absolute Gasteiger partial charge is 0.334 e. The lowest BCUT2D eigenvalue weighted by molar-refractivity contribution is -0.185. The van der Waals surface area contributed by atoms with Gasteiger partial charge in [-0.3, -0.25) is 0 Å². The third-order valence-electron chi connectivity index (χ3n) is 10.5. The Kier molecular flexibility index (Phi) is 6.26. The predicted octanol–water partition coefficient (Wildman–Crippen LogP) is 2.51. The van der Waals surface area contributed by atoms with E-state index in [4.69, 9.17) is 4.74 Å². The van der Waals surface area contributed by atoms with Gasteiger partial charge < -0.3 is 25.2 Å². The second-order valence-corrected chi connectivity index (χ2v) is 11.8. The summed E-state index contributed by atoms with van der Waals surface area (Å²) in [5.74, 6) is 0.498. The standard InChI is InChI=1S/C25H42O6/c1-13(9-20(29)23(30)31-4)17-12-19(28)22-21-16(6-8-25(17,22)3)24(2)7-5-15(26)10-14(24)11-18(21)27/h13-22,26-29H,5-12H2,1-4H3/t13-,14?,15-,16?,17?,18-,19+,20?,21?,22+,24?,25?/m1/s1. The van der Waals surface area contributed by atoms with Crippen molar-refractivity contribution in [2.45, 2.75) is 96.6 Å². The van der Waals surface area contributed by atoms with E-state index in [-0.39, 0.29) is 40.6 Å². The summed E-state index contributed by atoms with van der Waals surface area (Å²) in [7, 11) is 1.29. The molecule has 0 radical (unpaired) electrons. The molecule has 4 rings (SSSR count). The van der Waals surface area contributed by atoms with Crippen LogP contribution < -0.4 is 0 Å². The lowest BCUT2D eigenvalue weighted by atomic mass is 9.43. The van der Waals surface area contributed by atoms with Gasteiger partial charge in [0, 0.05) is 0 Å². The molecule has 4 N–H and O–H groups in total. The van der Waals surface area contributed by atoms with Crippen LogP contribution in [0.1, 0.15) is 72.1 Å². The molecule has 4 saturated carbocycles. The molecule has 0 aromatic heterocycles. The number of hydrogen-bond donors (Lipinski definition) is 4. The van der Waals surface area contributed by atoms with Gasteiger partial charge in [0.05, 0.1) is 25.4 Å². The van der Waals surface area contributed by atoms with Gasteiger partial charge >= 0.3 is 5.97 Å². The Morgan fingerprint density at radius 3 is 2.39 bits per heavy atom. The number of hydrogen-bond acceptors (Lipinski definition) is 6. The summed E-state index contributed by atoms with van der Waals surface area (Å²) in [4.78, 5) is 11.7. The van der Waals surface area contributed by atoms with Crippen molar-refractivity contribution in [3.8, 4) is 0 Å². The first-order valence-corrected chi connectivity index (χ1v) is 12.3. The Balaban J connectivity index is 1.58. The highest BCUT2D eigenvalue weighted by Gasteiger charge is 2.65. The zero-order chi connectivity index (χ0) is 22.7. The van der Waals surface area contributed by atoms with Crippen LogP contribution in [0.25, 0.3) is 0 Å². The van der Waals surface area contributed by atoms with Gasteiger partial charge in [0.2, 0.25) is 0 Å². The fourth-order valence-electron chi connectivity index (χ4n) is 8.93. The van der Waals surface area contributed by atoms with Gasteiger partial charge in [0.1, 0.15) is 0 Å². The summed E-state index contributed by atoms with van der Waals surface area (Å²) in [6, 6.07) is 0. The molecule has 0 amide bonds. The van der Waals surface area contributed by atoms with Crippen LogP contribution in [-0.4, -0.2) is 57.9 Å². The lowest BCUT2D eigenvalue weighted by Crippen LogP contribution is -2.60. The first-order valence-electron chi connectivity index (χ1n) is 12.3. The summed E-state index contributed by atoms with van der Waals surface area (Å²) < 4.78 is 4.69. The van der Waals surface area contributed by atoms with Crippen LogP contribution in [0.15, 0.2) is 0 Å². The maximum absolute atomic E-state index is 11.7. The Hall–Kier alpha value is -0.690. The van der Waals surface area contributed by atoms with Crippen LogP contribution >= 0.6 is 0 Å². The summed E-state index contributed by atoms with van der Waals surface area (Å²) in [6.45, 7) is 6.70. The van der Waals surface area contributed by atoms with Crippen LogP contribution in [-0.2, 0) is 9.53 Å². The molecule has 0 saturated heterocycles. The van der Waals surface area contributed by atoms with Gasteiger partial charge in [-0.05, 0) is 97.7 Å². The van der Waals surface area contributed by atoms with Gasteiger partial charge in [-0.25, -0.2) is 4.79 Å². The predicted molar refractivity (Wildman–Crippen MR) is 116 cm³/mol. The van der Waals surface area contributed by atoms with Gasteiger partial charge in [0.25, 0.3) is 0 Å². The average molecular weight is 439 g/mol. The highest BCUT2D eigenvalue weighted by atomic mass is 16.5. The Morgan fingerprint density at radius 2 is 1.71 bits per heavy atom. The third-order valence-corrected chi connectivity index (χ3v) is 10.5. The summed E-state index contributed by atoms with van der Waals surface area (Å²) in [5.41, 5.74) is 0.00313. The van der Waals surface area contributed by atoms with Crippen LogP contribution in [0.2, 0.25) is 0 Å². The minimum atomic E-state index is -1.13. The zero-order valence-electron chi connectivity index (χ0n) is 19.5. The molecule has 0 aromatic carbocycles. The SMILES string of the molecule is COC(=O)C(O)C[C@@H](C)C1C[C@H](O)[C@H]2C3C(CCC12C)C1(C)CC[C@@H](O)CC1C[C@H]3O. The molecule has 4 fully saturated rings. The molecular formula is C25H42O6. The van der Waals surface area contributed by atoms with Crippen molar-refractivity contribution in [1.29, 1.82) is 0 Å². The van der Waals surface area contributed by atoms with Crippen LogP contribution in [0, 0.1) is 46.3 Å². The number of fused-ring (bicyclic) bond motifs is 5. The quantitative estimate of drug-likeness (QED) is 0.503. The monoisotopic (exact) mass is 438 g/mol. The molecule has 4 aliphatic carbocycles. The number of rotatable bonds is 4. The van der Waals surface area contributed by atoms with Gasteiger partial charge in [0.15, 0.2) is 6.10 Å². The molecule has 7 unspecified atom stereocenters. The first-order chi connectivity index (χ1) is 14.5. The first kappa shape index (κ1) is 23.5. The molecule has 12 atom stereocenters. The number of carbonyl (C=O) groups excluding carboxylic acids is 1. The lowest BCUT2D eigenvalue weighted by Gasteiger charge is -2.62. The van der Waals surface area contributed by atoms with Crippen LogP contribution in [0.3, 0.4) is 0 Å². The molecule has 178 valence electrons. The number of ether oxygens (including phenoxy) is 1. The minimum absolute atomic E-state index is 0.0357. The van der Waals surface area contributed by atoms with E-state index in [1.54, 1.807) is 0 Å². The van der Waals surface area contributed by atoms with Crippen molar-refractivity contribution in [3.05, 3.63) is 0 Å². The normalized spacial score (nSPS) is 51.2. The van der Waals surface area contributed by atoms with Crippen molar-refractivity contribution < 1.29 is 30.0 Å². The average Bonchev–Trinajstić information content (AvgIpc) is 2.99. The molecule has 6 heteroatoms. The minimum Gasteiger partial charge on any atom is -0.467 e. The van der Waals surface area contributed by atoms with Crippen molar-refractivity contribution in [2.24, 2.45) is 46.3 Å². The number of esters is 1. The maximum atomic E-state index is 11.7. The van der Waals surface area contributed by atoms with E-state index in [2.05, 4.69) is 20.8 Å². The number of methoxy groups -OCH3 is 1. The van der Waals surface area contributed by atoms with Crippen LogP contribution in [0.4, 0.5) is 0 Å². The van der Waals surface area contributed by atoms with Gasteiger partial charge in [-0.2, -0.15) is 0 Å². The molecule has 0 bridgehead atoms. The van der Waals surface area contributed by atoms with E-state index < -0.39 is 24.3 Å². The molecule has 0 heterocycles. The van der Waals surface area contributed by atoms with Crippen molar-refractivity contribution in [3.63, 3.8) is 0 Å². The highest BCUT2D eigenvalue weighted by Crippen LogP contribution is 2.68. The second-order valence-electron chi connectivity index (χ2n) is 11.8. The summed E-state index contributed by atoms with van der Waals surface area (Å²) >= 11 is 0. The molecule has 31 heavy (non-hydrogen) atoms. The topological polar surface area (TPSA) is 107 Å². The fourth-order valence-corrected chi connectivity index (χ4v) is 8.93. The number of carbonyl (C=O) groups is 1. The summed E-state index contributed by atoms with van der Waals surface area (Å²) in [6.07, 6.45) is 4.06. The maximum Gasteiger partial charge on any atom is 0.334 e. The zero-order valence-corrected chi connectivity index (χ0v) is 19.5. The molecule has 6 nitrogen and oxygen atoms in total. The van der Waals surface area contributed by atoms with E-state index in [9.17, 15) is 25.2 Å². The van der Waals surface area contributed by atoms with E-state index in [1.165, 1.54) is 7.11 Å². The largest absolute Gasteiger partial charge is 0.467 e. The highest BCUT2D eigenvalue weighted by molar-refractivity contribution is 5.74. The third kappa shape index (κ3) is 3.66. The van der Waals surface area contributed by atoms with Crippen molar-refractivity contribution in [1.82, 2.24) is 0 Å². The Labute approximate surface area is 186 Å². The fraction of sp³-hybridized carbons (Fsp3) is 0.960. The van der Waals surface area contributed by atoms with E-state index in [1.807, 2.05) is 0 Å². The van der Waals surface area contributed by atoms with E-state index >= 15 is 0 Å². The second kappa shape index (κ2) is 8.27. The van der Waals surface area contributed by atoms with Crippen LogP contribution in [0.5, 0.6) is 0 Å². The Bertz CT molecular complexity index is 683. The molecule has 0 aromatic rings. The van der Waals surface area contributed by atoms with Gasteiger partial charge in [-0.1, -0.05) is 20.8 Å². The van der Waals surface area contributed by atoms with Gasteiger partial charge in [-0.15, -0.1) is 0 Å². The summed E-state index contributed by atoms with van der Waals surface area (Å²) in [5, 5.41) is 43.0. The molecule has 0 spiro atoms. The number of aliphatic hydroxyl groups is 4. The molecule has 4 aliphatic rings. The van der Waals surface area contributed by atoms with E-state index in [0.717, 1.165) is 38.5 Å². The molecular weight excluding hydrogens is 396 g/mol. The van der Waals surface area contributed by atoms with Crippen molar-refractivity contribution in [2.75, 3.05) is 7.11 Å². The van der Waals surface area contributed by atoms with E-state index in [0.29, 0.717) is 24.7 Å².